The first-order valence-corrected chi connectivity index (χ1v) is 8.73. The average Bonchev–Trinajstić information content (AvgIpc) is 3.02. The van der Waals surface area contributed by atoms with Crippen molar-refractivity contribution in [3.63, 3.8) is 0 Å². The molecule has 1 N–H and O–H groups in total. The van der Waals surface area contributed by atoms with Crippen LogP contribution in [0, 0.1) is 6.92 Å². The summed E-state index contributed by atoms with van der Waals surface area (Å²) in [4.78, 5) is 12.3. The number of rotatable bonds is 4. The van der Waals surface area contributed by atoms with Crippen LogP contribution in [0.2, 0.25) is 0 Å². The van der Waals surface area contributed by atoms with Crippen molar-refractivity contribution < 1.29 is 23.3 Å². The molecular weight excluding hydrogens is 334 g/mol. The van der Waals surface area contributed by atoms with E-state index in [9.17, 15) is 14.1 Å². The highest BCUT2D eigenvalue weighted by Gasteiger charge is 2.51. The number of alkyl halides is 1. The fourth-order valence-corrected chi connectivity index (χ4v) is 3.24. The summed E-state index contributed by atoms with van der Waals surface area (Å²) in [6, 6.07) is 0. The van der Waals surface area contributed by atoms with Crippen molar-refractivity contribution in [1.82, 2.24) is 19.5 Å². The van der Waals surface area contributed by atoms with Crippen LogP contribution in [0.4, 0.5) is 4.39 Å². The molecule has 11 heteroatoms. The van der Waals surface area contributed by atoms with Crippen LogP contribution in [0.15, 0.2) is 12.7 Å². The van der Waals surface area contributed by atoms with E-state index in [4.69, 9.17) is 9.26 Å². The predicted molar refractivity (Wildman–Crippen MR) is 77.4 cm³/mol. The standard InChI is InChI=1S/C11H12FN4O4PS/c1-5-8-10(14-3-13-5)16(4-15-8)11-7(12)9(20-21(18)22)6(2-17)19-11/h3-4,6-7,9,11,17H,2H2,1H3/p+1/t6-,7-,9-,11-/m1/s1. The summed E-state index contributed by atoms with van der Waals surface area (Å²) in [5.74, 6) is 0. The summed E-state index contributed by atoms with van der Waals surface area (Å²) in [5, 5.41) is 9.30. The Bertz CT molecular complexity index is 716. The summed E-state index contributed by atoms with van der Waals surface area (Å²) < 4.78 is 37.6. The number of imidazole rings is 1. The van der Waals surface area contributed by atoms with Crippen LogP contribution in [0.3, 0.4) is 0 Å². The minimum absolute atomic E-state index is 0.410. The third-order valence-corrected chi connectivity index (χ3v) is 4.18. The number of hydrogen-bond acceptors (Lipinski definition) is 7. The molecule has 1 unspecified atom stereocenters. The monoisotopic (exact) mass is 347 g/mol. The first-order chi connectivity index (χ1) is 10.5. The van der Waals surface area contributed by atoms with Crippen molar-refractivity contribution in [1.29, 1.82) is 0 Å². The summed E-state index contributed by atoms with van der Waals surface area (Å²) in [7, 11) is -2.32. The minimum Gasteiger partial charge on any atom is -0.394 e. The van der Waals surface area contributed by atoms with Crippen LogP contribution in [0.5, 0.6) is 0 Å². The van der Waals surface area contributed by atoms with E-state index in [1.165, 1.54) is 17.2 Å². The number of ether oxygens (including phenoxy) is 1. The fourth-order valence-electron chi connectivity index (χ4n) is 2.45. The molecule has 0 aliphatic carbocycles. The van der Waals surface area contributed by atoms with Gasteiger partial charge in [0.1, 0.15) is 30.2 Å². The van der Waals surface area contributed by atoms with Gasteiger partial charge in [0.2, 0.25) is 0 Å². The van der Waals surface area contributed by atoms with E-state index in [0.29, 0.717) is 16.9 Å². The number of thiol groups is 1. The number of hydrogen-bond donors (Lipinski definition) is 2. The van der Waals surface area contributed by atoms with Crippen LogP contribution >= 0.6 is 19.5 Å². The van der Waals surface area contributed by atoms with Gasteiger partial charge in [0, 0.05) is 0 Å². The number of aliphatic hydroxyl groups is 1. The highest BCUT2D eigenvalue weighted by Crippen LogP contribution is 2.41. The predicted octanol–water partition coefficient (Wildman–Crippen LogP) is 1.33. The number of halogens is 1. The van der Waals surface area contributed by atoms with Crippen molar-refractivity contribution in [3.8, 4) is 0 Å². The lowest BCUT2D eigenvalue weighted by Gasteiger charge is -2.14. The average molecular weight is 347 g/mol. The second kappa shape index (κ2) is 6.13. The second-order valence-electron chi connectivity index (χ2n) is 4.78. The van der Waals surface area contributed by atoms with Gasteiger partial charge in [-0.2, -0.15) is 0 Å². The molecule has 1 aliphatic rings. The van der Waals surface area contributed by atoms with Crippen LogP contribution < -0.4 is 0 Å². The summed E-state index contributed by atoms with van der Waals surface area (Å²) in [6.45, 7) is 1.29. The van der Waals surface area contributed by atoms with E-state index in [0.717, 1.165) is 0 Å². The highest BCUT2D eigenvalue weighted by atomic mass is 32.7. The third kappa shape index (κ3) is 2.61. The van der Waals surface area contributed by atoms with E-state index < -0.39 is 38.4 Å². The molecule has 2 aromatic rings. The molecule has 22 heavy (non-hydrogen) atoms. The van der Waals surface area contributed by atoms with E-state index in [1.807, 2.05) is 0 Å². The van der Waals surface area contributed by atoms with Gasteiger partial charge in [-0.25, -0.2) is 19.3 Å². The molecule has 5 atom stereocenters. The molecule has 2 aromatic heterocycles. The lowest BCUT2D eigenvalue weighted by atomic mass is 10.1. The summed E-state index contributed by atoms with van der Waals surface area (Å²) >= 11 is 3.61. The van der Waals surface area contributed by atoms with E-state index >= 15 is 0 Å². The quantitative estimate of drug-likeness (QED) is 0.636. The van der Waals surface area contributed by atoms with Gasteiger partial charge < -0.3 is 9.84 Å². The van der Waals surface area contributed by atoms with Gasteiger partial charge in [-0.15, -0.1) is 4.52 Å². The Morgan fingerprint density at radius 2 is 2.32 bits per heavy atom. The molecule has 0 amide bonds. The van der Waals surface area contributed by atoms with Crippen molar-refractivity contribution in [2.75, 3.05) is 6.61 Å². The third-order valence-electron chi connectivity index (χ3n) is 3.47. The van der Waals surface area contributed by atoms with Crippen molar-refractivity contribution >= 4 is 30.6 Å². The molecule has 3 rings (SSSR count). The number of fused-ring (bicyclic) bond motifs is 1. The topological polar surface area (TPSA) is 99.4 Å². The lowest BCUT2D eigenvalue weighted by Crippen LogP contribution is -2.31. The van der Waals surface area contributed by atoms with Crippen LogP contribution in [-0.2, 0) is 13.8 Å². The van der Waals surface area contributed by atoms with Gasteiger partial charge in [0.15, 0.2) is 24.2 Å². The molecule has 0 bridgehead atoms. The molecule has 1 fully saturated rings. The van der Waals surface area contributed by atoms with Crippen molar-refractivity contribution in [2.45, 2.75) is 31.5 Å². The van der Waals surface area contributed by atoms with Gasteiger partial charge in [-0.3, -0.25) is 4.57 Å². The fraction of sp³-hybridized carbons (Fsp3) is 0.545. The summed E-state index contributed by atoms with van der Waals surface area (Å²) in [6.07, 6.45) is -2.15. The largest absolute Gasteiger partial charge is 0.582 e. The highest BCUT2D eigenvalue weighted by molar-refractivity contribution is 8.39. The summed E-state index contributed by atoms with van der Waals surface area (Å²) in [5.41, 5.74) is 1.60. The molecule has 0 aromatic carbocycles. The first-order valence-electron chi connectivity index (χ1n) is 6.40. The van der Waals surface area contributed by atoms with Gasteiger partial charge in [-0.05, 0) is 11.5 Å². The van der Waals surface area contributed by atoms with Gasteiger partial charge in [0.05, 0.1) is 18.6 Å². The molecule has 0 saturated carbocycles. The minimum atomic E-state index is -2.32. The molecule has 3 heterocycles. The molecule has 118 valence electrons. The lowest BCUT2D eigenvalue weighted by molar-refractivity contribution is -0.0427. The smallest absolute Gasteiger partial charge is 0.394 e. The zero-order valence-electron chi connectivity index (χ0n) is 11.4. The van der Waals surface area contributed by atoms with Crippen LogP contribution in [-0.4, -0.2) is 49.6 Å². The Balaban J connectivity index is 1.97. The van der Waals surface area contributed by atoms with Crippen LogP contribution in [0.1, 0.15) is 11.9 Å². The van der Waals surface area contributed by atoms with Crippen molar-refractivity contribution in [2.24, 2.45) is 0 Å². The number of aromatic nitrogens is 4. The van der Waals surface area contributed by atoms with Crippen LogP contribution in [0.25, 0.3) is 11.2 Å². The first kappa shape index (κ1) is 15.7. The van der Waals surface area contributed by atoms with Crippen molar-refractivity contribution in [3.05, 3.63) is 18.3 Å². The number of nitrogens with zero attached hydrogens (tertiary/aromatic N) is 4. The number of aryl methyl sites for hydroxylation is 1. The molecular formula is C11H13FN4O4PS+. The molecule has 0 radical (unpaired) electrons. The SMILES string of the molecule is Cc1ncnc2c1ncn2[C@@H]1O[C@H](CO)[C@@H](O[P+](=O)S)[C@H]1F. The maximum Gasteiger partial charge on any atom is 0.582 e. The van der Waals surface area contributed by atoms with E-state index in [-0.39, 0.29) is 0 Å². The Kier molecular flexibility index (Phi) is 4.37. The van der Waals surface area contributed by atoms with E-state index in [1.54, 1.807) is 6.92 Å². The van der Waals surface area contributed by atoms with Gasteiger partial charge >= 0.3 is 7.23 Å². The normalized spacial score (nSPS) is 29.2. The van der Waals surface area contributed by atoms with E-state index in [2.05, 4.69) is 27.2 Å². The zero-order chi connectivity index (χ0) is 15.9. The molecule has 1 saturated heterocycles. The Hall–Kier alpha value is -1.19. The molecule has 8 nitrogen and oxygen atoms in total. The Morgan fingerprint density at radius 3 is 3.00 bits per heavy atom. The maximum atomic E-state index is 14.6. The van der Waals surface area contributed by atoms with Gasteiger partial charge in [0.25, 0.3) is 0 Å². The molecule has 0 spiro atoms. The molecule has 1 aliphatic heterocycles. The van der Waals surface area contributed by atoms with Gasteiger partial charge in [-0.1, -0.05) is 0 Å². The number of aliphatic hydroxyl groups excluding tert-OH is 1. The maximum absolute atomic E-state index is 14.6. The Labute approximate surface area is 130 Å². The second-order valence-corrected chi connectivity index (χ2v) is 6.45. The zero-order valence-corrected chi connectivity index (χ0v) is 13.2. The Morgan fingerprint density at radius 1 is 1.55 bits per heavy atom.